The molecule has 0 radical (unpaired) electrons. The molecule has 6 nitrogen and oxygen atoms in total. The van der Waals surface area contributed by atoms with E-state index in [0.717, 1.165) is 23.4 Å². The van der Waals surface area contributed by atoms with E-state index in [-0.39, 0.29) is 18.1 Å². The largest absolute Gasteiger partial charge is 0.355 e. The molecule has 0 saturated carbocycles. The fraction of sp³-hybridized carbons (Fsp3) is 0.429. The van der Waals surface area contributed by atoms with Gasteiger partial charge in [-0.25, -0.2) is 15.8 Å². The average molecular weight is 305 g/mol. The van der Waals surface area contributed by atoms with Crippen LogP contribution in [0.1, 0.15) is 17.8 Å². The highest BCUT2D eigenvalue weighted by Crippen LogP contribution is 2.22. The molecule has 2 unspecified atom stereocenters. The van der Waals surface area contributed by atoms with Crippen molar-refractivity contribution in [1.29, 1.82) is 0 Å². The Hall–Kier alpha value is -1.54. The van der Waals surface area contributed by atoms with E-state index in [1.165, 1.54) is 4.70 Å². The zero-order valence-corrected chi connectivity index (χ0v) is 12.5. The van der Waals surface area contributed by atoms with E-state index in [9.17, 15) is 4.79 Å². The van der Waals surface area contributed by atoms with E-state index in [0.29, 0.717) is 13.0 Å². The number of nitrogens with one attached hydrogen (secondary N) is 3. The molecule has 0 spiro atoms. The molecule has 1 fully saturated rings. The molecular weight excluding hydrogens is 286 g/mol. The average Bonchev–Trinajstić information content (AvgIpc) is 3.09. The minimum absolute atomic E-state index is 0.000232. The second kappa shape index (κ2) is 6.48. The SMILES string of the molecule is NC1CC(C(=O)NCCCc2nc3ccccc3s2)NN1. The molecule has 1 saturated heterocycles. The quantitative estimate of drug-likeness (QED) is 0.604. The Balaban J connectivity index is 1.42. The van der Waals surface area contributed by atoms with Crippen LogP contribution in [0.15, 0.2) is 24.3 Å². The molecule has 0 bridgehead atoms. The molecule has 3 rings (SSSR count). The number of carbonyl (C=O) groups excluding carboxylic acids is 1. The second-order valence-corrected chi connectivity index (χ2v) is 6.27. The van der Waals surface area contributed by atoms with Gasteiger partial charge in [-0.2, -0.15) is 0 Å². The second-order valence-electron chi connectivity index (χ2n) is 5.15. The molecule has 1 aromatic heterocycles. The van der Waals surface area contributed by atoms with Gasteiger partial charge in [0.05, 0.1) is 21.4 Å². The number of hydrogen-bond donors (Lipinski definition) is 4. The van der Waals surface area contributed by atoms with Crippen LogP contribution in [-0.4, -0.2) is 29.6 Å². The minimum atomic E-state index is -0.234. The number of nitrogens with zero attached hydrogens (tertiary/aromatic N) is 1. The van der Waals surface area contributed by atoms with Gasteiger partial charge in [0, 0.05) is 19.4 Å². The predicted molar refractivity (Wildman–Crippen MR) is 83.6 cm³/mol. The Morgan fingerprint density at radius 1 is 1.43 bits per heavy atom. The van der Waals surface area contributed by atoms with Crippen LogP contribution in [0.5, 0.6) is 0 Å². The smallest absolute Gasteiger partial charge is 0.238 e. The van der Waals surface area contributed by atoms with E-state index < -0.39 is 0 Å². The molecule has 21 heavy (non-hydrogen) atoms. The van der Waals surface area contributed by atoms with Crippen molar-refractivity contribution in [3.63, 3.8) is 0 Å². The van der Waals surface area contributed by atoms with Crippen LogP contribution in [0.2, 0.25) is 0 Å². The summed E-state index contributed by atoms with van der Waals surface area (Å²) in [4.78, 5) is 16.4. The molecule has 2 aromatic rings. The zero-order chi connectivity index (χ0) is 14.7. The van der Waals surface area contributed by atoms with E-state index in [4.69, 9.17) is 5.73 Å². The third kappa shape index (κ3) is 3.56. The molecule has 0 aliphatic carbocycles. The number of fused-ring (bicyclic) bond motifs is 1. The minimum Gasteiger partial charge on any atom is -0.355 e. The third-order valence-corrected chi connectivity index (χ3v) is 4.55. The zero-order valence-electron chi connectivity index (χ0n) is 11.6. The number of thiazole rings is 1. The fourth-order valence-electron chi connectivity index (χ4n) is 2.35. The van der Waals surface area contributed by atoms with Gasteiger partial charge < -0.3 is 11.1 Å². The van der Waals surface area contributed by atoms with E-state index in [1.54, 1.807) is 11.3 Å². The highest BCUT2D eigenvalue weighted by molar-refractivity contribution is 7.18. The molecule has 1 aliphatic heterocycles. The number of hydrazine groups is 1. The molecule has 5 N–H and O–H groups in total. The Labute approximate surface area is 127 Å². The third-order valence-electron chi connectivity index (χ3n) is 3.45. The van der Waals surface area contributed by atoms with Crippen molar-refractivity contribution in [2.75, 3.05) is 6.54 Å². The van der Waals surface area contributed by atoms with Gasteiger partial charge in [-0.05, 0) is 18.6 Å². The number of nitrogens with two attached hydrogens (primary N) is 1. The Kier molecular flexibility index (Phi) is 4.45. The molecule has 1 aliphatic rings. The van der Waals surface area contributed by atoms with E-state index in [1.807, 2.05) is 18.2 Å². The molecule has 1 aromatic carbocycles. The van der Waals surface area contributed by atoms with Crippen molar-refractivity contribution in [2.45, 2.75) is 31.5 Å². The van der Waals surface area contributed by atoms with Gasteiger partial charge in [-0.3, -0.25) is 4.79 Å². The van der Waals surface area contributed by atoms with Crippen molar-refractivity contribution in [2.24, 2.45) is 5.73 Å². The normalized spacial score (nSPS) is 21.8. The molecule has 7 heteroatoms. The number of aromatic nitrogens is 1. The first-order valence-electron chi connectivity index (χ1n) is 7.11. The molecule has 2 heterocycles. The van der Waals surface area contributed by atoms with Gasteiger partial charge in [0.25, 0.3) is 0 Å². The number of amides is 1. The Bertz CT molecular complexity index is 596. The number of hydrogen-bond acceptors (Lipinski definition) is 6. The summed E-state index contributed by atoms with van der Waals surface area (Å²) in [5.74, 6) is -0.000232. The van der Waals surface area contributed by atoms with Crippen molar-refractivity contribution in [3.05, 3.63) is 29.3 Å². The maximum Gasteiger partial charge on any atom is 0.238 e. The summed E-state index contributed by atoms with van der Waals surface area (Å²) in [5, 5.41) is 4.05. The molecular formula is C14H19N5OS. The van der Waals surface area contributed by atoms with Crippen molar-refractivity contribution < 1.29 is 4.79 Å². The number of para-hydroxylation sites is 1. The molecule has 1 amide bonds. The van der Waals surface area contributed by atoms with E-state index >= 15 is 0 Å². The summed E-state index contributed by atoms with van der Waals surface area (Å²) >= 11 is 1.72. The van der Waals surface area contributed by atoms with Crippen LogP contribution < -0.4 is 21.9 Å². The maximum absolute atomic E-state index is 11.9. The van der Waals surface area contributed by atoms with Gasteiger partial charge in [0.2, 0.25) is 5.91 Å². The summed E-state index contributed by atoms with van der Waals surface area (Å²) in [6.07, 6.45) is 2.24. The first-order valence-corrected chi connectivity index (χ1v) is 7.93. The van der Waals surface area contributed by atoms with Gasteiger partial charge in [-0.1, -0.05) is 12.1 Å². The lowest BCUT2D eigenvalue weighted by atomic mass is 10.2. The van der Waals surface area contributed by atoms with Crippen molar-refractivity contribution in [3.8, 4) is 0 Å². The number of carbonyl (C=O) groups is 1. The first-order chi connectivity index (χ1) is 10.2. The molecule has 2 atom stereocenters. The highest BCUT2D eigenvalue weighted by atomic mass is 32.1. The molecule has 112 valence electrons. The summed E-state index contributed by atoms with van der Waals surface area (Å²) in [6.45, 7) is 0.655. The summed E-state index contributed by atoms with van der Waals surface area (Å²) < 4.78 is 1.21. The first kappa shape index (κ1) is 14.4. The lowest BCUT2D eigenvalue weighted by Crippen LogP contribution is -2.44. The fourth-order valence-corrected chi connectivity index (χ4v) is 3.36. The maximum atomic E-state index is 11.9. The van der Waals surface area contributed by atoms with Gasteiger partial charge in [0.1, 0.15) is 6.04 Å². The summed E-state index contributed by atoms with van der Waals surface area (Å²) in [6, 6.07) is 7.90. The lowest BCUT2D eigenvalue weighted by molar-refractivity contribution is -0.122. The van der Waals surface area contributed by atoms with E-state index in [2.05, 4.69) is 27.2 Å². The highest BCUT2D eigenvalue weighted by Gasteiger charge is 2.26. The number of benzene rings is 1. The van der Waals surface area contributed by atoms with Crippen LogP contribution in [0.25, 0.3) is 10.2 Å². The van der Waals surface area contributed by atoms with Crippen LogP contribution in [0.4, 0.5) is 0 Å². The topological polar surface area (TPSA) is 92.1 Å². The van der Waals surface area contributed by atoms with Crippen LogP contribution in [0, 0.1) is 0 Å². The van der Waals surface area contributed by atoms with Crippen molar-refractivity contribution in [1.82, 2.24) is 21.2 Å². The van der Waals surface area contributed by atoms with Crippen LogP contribution in [0.3, 0.4) is 0 Å². The van der Waals surface area contributed by atoms with Gasteiger partial charge in [-0.15, -0.1) is 11.3 Å². The monoisotopic (exact) mass is 305 g/mol. The lowest BCUT2D eigenvalue weighted by Gasteiger charge is -2.09. The summed E-state index contributed by atoms with van der Waals surface area (Å²) in [7, 11) is 0. The standard InChI is InChI=1S/C14H19N5OS/c15-12-8-10(18-19-12)14(20)16-7-3-6-13-17-9-4-1-2-5-11(9)21-13/h1-2,4-5,10,12,18-19H,3,6-8,15H2,(H,16,20). The number of rotatable bonds is 5. The summed E-state index contributed by atoms with van der Waals surface area (Å²) in [5.41, 5.74) is 12.4. The van der Waals surface area contributed by atoms with Crippen molar-refractivity contribution >= 4 is 27.5 Å². The predicted octanol–water partition coefficient (Wildman–Crippen LogP) is 0.496. The van der Waals surface area contributed by atoms with Gasteiger partial charge >= 0.3 is 0 Å². The van der Waals surface area contributed by atoms with Crippen LogP contribution >= 0.6 is 11.3 Å². The Morgan fingerprint density at radius 3 is 3.05 bits per heavy atom. The van der Waals surface area contributed by atoms with Crippen LogP contribution in [-0.2, 0) is 11.2 Å². The Morgan fingerprint density at radius 2 is 2.29 bits per heavy atom. The number of aryl methyl sites for hydroxylation is 1. The van der Waals surface area contributed by atoms with Gasteiger partial charge in [0.15, 0.2) is 0 Å².